The molecule has 0 bridgehead atoms. The summed E-state index contributed by atoms with van der Waals surface area (Å²) in [4.78, 5) is 26.6. The van der Waals surface area contributed by atoms with Crippen LogP contribution in [0.3, 0.4) is 0 Å². The number of nitrogens with zero attached hydrogens (tertiary/aromatic N) is 1. The Kier molecular flexibility index (Phi) is 8.27. The molecular formula is C21H37F2NO5Si. The third-order valence-corrected chi connectivity index (χ3v) is 10.4. The second-order valence-corrected chi connectivity index (χ2v) is 15.2. The number of carbonyl (C=O) groups excluding carboxylic acids is 2. The fourth-order valence-corrected chi connectivity index (χ4v) is 4.22. The highest BCUT2D eigenvalue weighted by atomic mass is 28.4. The number of ether oxygens (including phenoxy) is 2. The van der Waals surface area contributed by atoms with Gasteiger partial charge in [0.15, 0.2) is 8.32 Å². The minimum absolute atomic E-state index is 0.0240. The van der Waals surface area contributed by atoms with E-state index >= 15 is 0 Å². The number of hydrogen-bond acceptors (Lipinski definition) is 5. The summed E-state index contributed by atoms with van der Waals surface area (Å²) in [6.07, 6.45) is -2.41. The van der Waals surface area contributed by atoms with Gasteiger partial charge in [0, 0.05) is 18.6 Å². The van der Waals surface area contributed by atoms with Crippen molar-refractivity contribution in [2.45, 2.75) is 90.1 Å². The van der Waals surface area contributed by atoms with E-state index in [4.69, 9.17) is 13.9 Å². The van der Waals surface area contributed by atoms with Crippen LogP contribution in [0.1, 0.15) is 60.8 Å². The summed E-state index contributed by atoms with van der Waals surface area (Å²) in [6.45, 7) is 15.6. The van der Waals surface area contributed by atoms with Gasteiger partial charge in [-0.1, -0.05) is 20.8 Å². The van der Waals surface area contributed by atoms with E-state index in [1.807, 2.05) is 0 Å². The number of amides is 1. The standard InChI is InChI=1S/C21H37F2NO5Si/c1-19(2,3)29-18(26)24-14-15(16(22)23)13-21(24,17(25)27-7)11-10-12-28-30(8,9)20(4,5)6/h10-14H2,1-9H3. The number of methoxy groups -OCH3 is 1. The van der Waals surface area contributed by atoms with Crippen LogP contribution in [0.5, 0.6) is 0 Å². The molecule has 1 amide bonds. The van der Waals surface area contributed by atoms with Crippen LogP contribution >= 0.6 is 0 Å². The maximum absolute atomic E-state index is 13.4. The van der Waals surface area contributed by atoms with Crippen molar-refractivity contribution in [1.29, 1.82) is 0 Å². The number of likely N-dealkylation sites (tertiary alicyclic amines) is 1. The lowest BCUT2D eigenvalue weighted by molar-refractivity contribution is -0.153. The van der Waals surface area contributed by atoms with E-state index in [0.717, 1.165) is 4.90 Å². The summed E-state index contributed by atoms with van der Waals surface area (Å²) in [5, 5.41) is 0.0240. The first kappa shape index (κ1) is 26.6. The highest BCUT2D eigenvalue weighted by Gasteiger charge is 2.54. The molecule has 1 fully saturated rings. The Morgan fingerprint density at radius 2 is 1.70 bits per heavy atom. The fraction of sp³-hybridized carbons (Fsp3) is 0.810. The van der Waals surface area contributed by atoms with E-state index in [9.17, 15) is 18.4 Å². The summed E-state index contributed by atoms with van der Waals surface area (Å²) in [5.41, 5.74) is -2.62. The Morgan fingerprint density at radius 1 is 1.13 bits per heavy atom. The van der Waals surface area contributed by atoms with Gasteiger partial charge in [-0.3, -0.25) is 4.90 Å². The average Bonchev–Trinajstić information content (AvgIpc) is 2.97. The second kappa shape index (κ2) is 9.34. The summed E-state index contributed by atoms with van der Waals surface area (Å²) in [7, 11) is -0.803. The molecule has 0 saturated carbocycles. The molecule has 9 heteroatoms. The van der Waals surface area contributed by atoms with Gasteiger partial charge in [0.25, 0.3) is 6.08 Å². The Bertz CT molecular complexity index is 678. The van der Waals surface area contributed by atoms with E-state index in [-0.39, 0.29) is 30.0 Å². The van der Waals surface area contributed by atoms with Gasteiger partial charge in [-0.2, -0.15) is 8.78 Å². The first-order chi connectivity index (χ1) is 13.5. The Balaban J connectivity index is 3.13. The predicted molar refractivity (Wildman–Crippen MR) is 114 cm³/mol. The van der Waals surface area contributed by atoms with E-state index in [0.29, 0.717) is 13.0 Å². The SMILES string of the molecule is COC(=O)C1(CCCO[Si](C)(C)C(C)(C)C)CC(=C(F)F)CN1C(=O)OC(C)(C)C. The molecule has 174 valence electrons. The monoisotopic (exact) mass is 449 g/mol. The van der Waals surface area contributed by atoms with E-state index in [2.05, 4.69) is 33.9 Å². The quantitative estimate of drug-likeness (QED) is 0.305. The largest absolute Gasteiger partial charge is 0.467 e. The van der Waals surface area contributed by atoms with E-state index in [1.54, 1.807) is 20.8 Å². The molecule has 6 nitrogen and oxygen atoms in total. The van der Waals surface area contributed by atoms with Crippen molar-refractivity contribution >= 4 is 20.4 Å². The van der Waals surface area contributed by atoms with Crippen molar-refractivity contribution in [2.24, 2.45) is 0 Å². The normalized spacial score (nSPS) is 20.4. The number of hydrogen-bond donors (Lipinski definition) is 0. The second-order valence-electron chi connectivity index (χ2n) is 10.3. The summed E-state index contributed by atoms with van der Waals surface area (Å²) < 4.78 is 43.3. The molecule has 0 aliphatic carbocycles. The summed E-state index contributed by atoms with van der Waals surface area (Å²) >= 11 is 0. The average molecular weight is 450 g/mol. The van der Waals surface area contributed by atoms with Gasteiger partial charge in [-0.25, -0.2) is 9.59 Å². The molecule has 0 spiro atoms. The van der Waals surface area contributed by atoms with Crippen LogP contribution in [0.25, 0.3) is 0 Å². The van der Waals surface area contributed by atoms with Crippen molar-refractivity contribution in [2.75, 3.05) is 20.3 Å². The predicted octanol–water partition coefficient (Wildman–Crippen LogP) is 5.49. The van der Waals surface area contributed by atoms with Crippen molar-refractivity contribution in [1.82, 2.24) is 4.90 Å². The van der Waals surface area contributed by atoms with E-state index < -0.39 is 37.6 Å². The van der Waals surface area contributed by atoms with Crippen molar-refractivity contribution in [3.8, 4) is 0 Å². The molecule has 1 aliphatic rings. The maximum atomic E-state index is 13.4. The molecule has 30 heavy (non-hydrogen) atoms. The Morgan fingerprint density at radius 3 is 2.13 bits per heavy atom. The van der Waals surface area contributed by atoms with Gasteiger partial charge in [0.1, 0.15) is 11.1 Å². The molecular weight excluding hydrogens is 412 g/mol. The van der Waals surface area contributed by atoms with Gasteiger partial charge in [0.2, 0.25) is 0 Å². The fourth-order valence-electron chi connectivity index (χ4n) is 3.14. The third-order valence-electron chi connectivity index (χ3n) is 5.82. The molecule has 1 saturated heterocycles. The topological polar surface area (TPSA) is 65.1 Å². The third kappa shape index (κ3) is 6.26. The van der Waals surface area contributed by atoms with Crippen LogP contribution in [-0.2, 0) is 18.7 Å². The van der Waals surface area contributed by atoms with Crippen LogP contribution in [0.4, 0.5) is 13.6 Å². The number of halogens is 2. The Labute approximate surface area is 180 Å². The molecule has 1 heterocycles. The molecule has 1 aliphatic heterocycles. The van der Waals surface area contributed by atoms with Crippen LogP contribution in [-0.4, -0.2) is 56.7 Å². The smallest absolute Gasteiger partial charge is 0.411 e. The summed E-state index contributed by atoms with van der Waals surface area (Å²) in [6, 6.07) is 0. The summed E-state index contributed by atoms with van der Waals surface area (Å²) in [5.74, 6) is -0.725. The maximum Gasteiger partial charge on any atom is 0.411 e. The lowest BCUT2D eigenvalue weighted by Gasteiger charge is -2.38. The zero-order valence-corrected chi connectivity index (χ0v) is 20.8. The van der Waals surface area contributed by atoms with E-state index in [1.165, 1.54) is 7.11 Å². The molecule has 0 aromatic heterocycles. The molecule has 1 rings (SSSR count). The minimum Gasteiger partial charge on any atom is -0.467 e. The zero-order chi connectivity index (χ0) is 23.5. The van der Waals surface area contributed by atoms with Gasteiger partial charge in [0.05, 0.1) is 13.7 Å². The highest BCUT2D eigenvalue weighted by Crippen LogP contribution is 2.41. The lowest BCUT2D eigenvalue weighted by Crippen LogP contribution is -2.55. The minimum atomic E-state index is -1.99. The van der Waals surface area contributed by atoms with Gasteiger partial charge >= 0.3 is 12.1 Å². The molecule has 1 atom stereocenters. The van der Waals surface area contributed by atoms with Crippen LogP contribution in [0.15, 0.2) is 11.7 Å². The molecule has 1 unspecified atom stereocenters. The van der Waals surface area contributed by atoms with Crippen molar-refractivity contribution in [3.63, 3.8) is 0 Å². The number of rotatable bonds is 6. The lowest BCUT2D eigenvalue weighted by atomic mass is 9.89. The van der Waals surface area contributed by atoms with Crippen molar-refractivity contribution < 1.29 is 32.3 Å². The molecule has 0 aromatic carbocycles. The van der Waals surface area contributed by atoms with Crippen LogP contribution in [0, 0.1) is 0 Å². The van der Waals surface area contributed by atoms with Crippen LogP contribution < -0.4 is 0 Å². The molecule has 0 aromatic rings. The molecule has 0 N–H and O–H groups in total. The zero-order valence-electron chi connectivity index (χ0n) is 19.8. The van der Waals surface area contributed by atoms with Gasteiger partial charge < -0.3 is 13.9 Å². The number of esters is 1. The van der Waals surface area contributed by atoms with Gasteiger partial charge in [-0.15, -0.1) is 0 Å². The Hall–Kier alpha value is -1.48. The molecule has 0 radical (unpaired) electrons. The first-order valence-electron chi connectivity index (χ1n) is 10.2. The van der Waals surface area contributed by atoms with Gasteiger partial charge in [-0.05, 0) is 51.7 Å². The number of carbonyl (C=O) groups is 2. The highest BCUT2D eigenvalue weighted by molar-refractivity contribution is 6.74. The van der Waals surface area contributed by atoms with Crippen molar-refractivity contribution in [3.05, 3.63) is 11.7 Å². The van der Waals surface area contributed by atoms with Crippen LogP contribution in [0.2, 0.25) is 18.1 Å². The first-order valence-corrected chi connectivity index (χ1v) is 13.1.